The number of piperidine rings is 1. The molecule has 0 spiro atoms. The molecule has 1 saturated heterocycles. The molecule has 3 aromatic rings. The predicted molar refractivity (Wildman–Crippen MR) is 121 cm³/mol. The highest BCUT2D eigenvalue weighted by Gasteiger charge is 2.34. The first-order valence-electron chi connectivity index (χ1n) is 11.1. The molecule has 0 aliphatic carbocycles. The Hall–Kier alpha value is -2.81. The Morgan fingerprint density at radius 1 is 1.18 bits per heavy atom. The number of carbonyl (C=O) groups excluding carboxylic acids is 1. The lowest BCUT2D eigenvalue weighted by Crippen LogP contribution is -2.45. The zero-order chi connectivity index (χ0) is 23.4. The van der Waals surface area contributed by atoms with Crippen LogP contribution in [0, 0.1) is 5.82 Å². The van der Waals surface area contributed by atoms with Crippen molar-refractivity contribution < 1.29 is 27.9 Å². The molecule has 176 valence electrons. The number of hydrogen-bond donors (Lipinski definition) is 0. The van der Waals surface area contributed by atoms with Crippen LogP contribution in [-0.4, -0.2) is 55.7 Å². The fourth-order valence-electron chi connectivity index (χ4n) is 4.33. The highest BCUT2D eigenvalue weighted by atomic mass is 19.1. The van der Waals surface area contributed by atoms with Crippen LogP contribution in [0.3, 0.4) is 0 Å². The monoisotopic (exact) mass is 456 g/mol. The fourth-order valence-corrected chi connectivity index (χ4v) is 4.33. The highest BCUT2D eigenvalue weighted by Crippen LogP contribution is 2.33. The third kappa shape index (κ3) is 5.24. The van der Waals surface area contributed by atoms with E-state index in [4.69, 9.17) is 18.7 Å². The lowest BCUT2D eigenvalue weighted by Gasteiger charge is -2.35. The standard InChI is InChI=1S/C25H29FN2O5/c1-17(29)19-5-4-6-21(15-19)32-25(30-2,31-3)11-14-28-12-9-18(10-13-28)24-22-8-7-20(26)16-23(22)33-27-24/h4-8,15-16,18H,9-14H2,1-3H3. The normalized spacial score (nSPS) is 15.8. The quantitative estimate of drug-likeness (QED) is 0.339. The van der Waals surface area contributed by atoms with E-state index in [0.29, 0.717) is 29.9 Å². The van der Waals surface area contributed by atoms with Crippen molar-refractivity contribution in [3.63, 3.8) is 0 Å². The summed E-state index contributed by atoms with van der Waals surface area (Å²) in [5.41, 5.74) is 1.96. The van der Waals surface area contributed by atoms with Crippen LogP contribution in [0.2, 0.25) is 0 Å². The molecule has 1 aromatic heterocycles. The van der Waals surface area contributed by atoms with Gasteiger partial charge in [0, 0.05) is 43.7 Å². The molecule has 0 amide bonds. The smallest absolute Gasteiger partial charge is 0.327 e. The van der Waals surface area contributed by atoms with Crippen LogP contribution in [0.25, 0.3) is 11.0 Å². The van der Waals surface area contributed by atoms with Crippen LogP contribution in [0.15, 0.2) is 47.0 Å². The summed E-state index contributed by atoms with van der Waals surface area (Å²) in [7, 11) is 3.09. The Morgan fingerprint density at radius 3 is 2.64 bits per heavy atom. The molecule has 0 saturated carbocycles. The Morgan fingerprint density at radius 2 is 1.94 bits per heavy atom. The number of likely N-dealkylation sites (tertiary alicyclic amines) is 1. The minimum atomic E-state index is -1.25. The summed E-state index contributed by atoms with van der Waals surface area (Å²) >= 11 is 0. The summed E-state index contributed by atoms with van der Waals surface area (Å²) in [6.07, 6.45) is 2.34. The largest absolute Gasteiger partial charge is 0.439 e. The summed E-state index contributed by atoms with van der Waals surface area (Å²) in [4.78, 5) is 14.0. The molecule has 8 heteroatoms. The van der Waals surface area contributed by atoms with Gasteiger partial charge in [-0.2, -0.15) is 0 Å². The molecular weight excluding hydrogens is 427 g/mol. The van der Waals surface area contributed by atoms with E-state index >= 15 is 0 Å². The average molecular weight is 457 g/mol. The molecule has 0 atom stereocenters. The third-order valence-corrected chi connectivity index (χ3v) is 6.31. The van der Waals surface area contributed by atoms with Crippen molar-refractivity contribution in [1.29, 1.82) is 0 Å². The number of methoxy groups -OCH3 is 2. The number of fused-ring (bicyclic) bond motifs is 1. The second kappa shape index (κ2) is 9.99. The molecule has 0 unspecified atom stereocenters. The predicted octanol–water partition coefficient (Wildman–Crippen LogP) is 4.76. The second-order valence-electron chi connectivity index (χ2n) is 8.35. The first-order valence-corrected chi connectivity index (χ1v) is 11.1. The number of nitrogens with zero attached hydrogens (tertiary/aromatic N) is 2. The summed E-state index contributed by atoms with van der Waals surface area (Å²) in [6.45, 7) is 3.99. The van der Waals surface area contributed by atoms with E-state index in [9.17, 15) is 9.18 Å². The van der Waals surface area contributed by atoms with E-state index < -0.39 is 5.97 Å². The van der Waals surface area contributed by atoms with E-state index in [-0.39, 0.29) is 17.5 Å². The van der Waals surface area contributed by atoms with Gasteiger partial charge in [-0.05, 0) is 57.1 Å². The molecule has 1 aliphatic heterocycles. The second-order valence-corrected chi connectivity index (χ2v) is 8.35. The topological polar surface area (TPSA) is 74.0 Å². The molecule has 33 heavy (non-hydrogen) atoms. The summed E-state index contributed by atoms with van der Waals surface area (Å²) in [5.74, 6) is -0.824. The number of aromatic nitrogens is 1. The average Bonchev–Trinajstić information content (AvgIpc) is 3.25. The van der Waals surface area contributed by atoms with Gasteiger partial charge < -0.3 is 23.6 Å². The molecule has 4 rings (SSSR count). The van der Waals surface area contributed by atoms with Crippen molar-refractivity contribution in [2.45, 2.75) is 38.1 Å². The van der Waals surface area contributed by atoms with E-state index in [1.54, 1.807) is 44.6 Å². The number of benzene rings is 2. The molecule has 0 N–H and O–H groups in total. The molecule has 0 radical (unpaired) electrons. The molecule has 7 nitrogen and oxygen atoms in total. The van der Waals surface area contributed by atoms with Gasteiger partial charge in [0.1, 0.15) is 11.6 Å². The molecule has 0 bridgehead atoms. The third-order valence-electron chi connectivity index (χ3n) is 6.31. The summed E-state index contributed by atoms with van der Waals surface area (Å²) in [6, 6.07) is 11.5. The summed E-state index contributed by atoms with van der Waals surface area (Å²) in [5, 5.41) is 5.10. The number of hydrogen-bond acceptors (Lipinski definition) is 7. The minimum Gasteiger partial charge on any atom is -0.439 e. The zero-order valence-corrected chi connectivity index (χ0v) is 19.2. The van der Waals surface area contributed by atoms with Gasteiger partial charge in [-0.15, -0.1) is 0 Å². The lowest BCUT2D eigenvalue weighted by atomic mass is 9.91. The van der Waals surface area contributed by atoms with Crippen LogP contribution >= 0.6 is 0 Å². The fraction of sp³-hybridized carbons (Fsp3) is 0.440. The molecule has 2 heterocycles. The van der Waals surface area contributed by atoms with Gasteiger partial charge in [0.25, 0.3) is 0 Å². The van der Waals surface area contributed by atoms with Gasteiger partial charge in [-0.1, -0.05) is 17.3 Å². The zero-order valence-electron chi connectivity index (χ0n) is 19.2. The SMILES string of the molecule is COC(CCN1CCC(c2noc3cc(F)ccc23)CC1)(OC)Oc1cccc(C(C)=O)c1. The maximum absolute atomic E-state index is 13.4. The van der Waals surface area contributed by atoms with E-state index in [2.05, 4.69) is 10.1 Å². The maximum atomic E-state index is 13.4. The molecule has 1 fully saturated rings. The highest BCUT2D eigenvalue weighted by molar-refractivity contribution is 5.94. The van der Waals surface area contributed by atoms with Crippen LogP contribution in [0.1, 0.15) is 48.2 Å². The van der Waals surface area contributed by atoms with E-state index in [0.717, 1.165) is 37.0 Å². The Kier molecular flexibility index (Phi) is 7.07. The molecular formula is C25H29FN2O5. The van der Waals surface area contributed by atoms with E-state index in [1.165, 1.54) is 19.1 Å². The number of ether oxygens (including phenoxy) is 3. The van der Waals surface area contributed by atoms with Crippen molar-refractivity contribution >= 4 is 16.8 Å². The van der Waals surface area contributed by atoms with E-state index in [1.807, 2.05) is 0 Å². The van der Waals surface area contributed by atoms with Gasteiger partial charge in [-0.25, -0.2) is 4.39 Å². The van der Waals surface area contributed by atoms with Gasteiger partial charge in [0.05, 0.1) is 12.1 Å². The summed E-state index contributed by atoms with van der Waals surface area (Å²) < 4.78 is 36.0. The van der Waals surface area contributed by atoms with Crippen molar-refractivity contribution in [2.24, 2.45) is 0 Å². The van der Waals surface area contributed by atoms with Crippen LogP contribution in [-0.2, 0) is 9.47 Å². The Balaban J connectivity index is 1.36. The molecule has 1 aliphatic rings. The van der Waals surface area contributed by atoms with Crippen molar-refractivity contribution in [1.82, 2.24) is 10.1 Å². The van der Waals surface area contributed by atoms with Gasteiger partial charge in [0.15, 0.2) is 11.4 Å². The minimum absolute atomic E-state index is 0.0335. The van der Waals surface area contributed by atoms with Gasteiger partial charge in [0.2, 0.25) is 0 Å². The van der Waals surface area contributed by atoms with Crippen LogP contribution in [0.4, 0.5) is 4.39 Å². The Bertz CT molecular complexity index is 1100. The number of carbonyl (C=O) groups is 1. The van der Waals surface area contributed by atoms with Crippen LogP contribution < -0.4 is 4.74 Å². The van der Waals surface area contributed by atoms with Crippen molar-refractivity contribution in [3.05, 3.63) is 59.5 Å². The van der Waals surface area contributed by atoms with Gasteiger partial charge in [-0.3, -0.25) is 4.79 Å². The van der Waals surface area contributed by atoms with Crippen molar-refractivity contribution in [3.8, 4) is 5.75 Å². The van der Waals surface area contributed by atoms with Crippen LogP contribution in [0.5, 0.6) is 5.75 Å². The number of rotatable bonds is 9. The number of ketones is 1. The lowest BCUT2D eigenvalue weighted by molar-refractivity contribution is -0.325. The Labute approximate surface area is 192 Å². The van der Waals surface area contributed by atoms with Crippen molar-refractivity contribution in [2.75, 3.05) is 33.9 Å². The number of Topliss-reactive ketones (excluding diaryl/α,β-unsaturated/α-hetero) is 1. The molecule has 2 aromatic carbocycles. The first-order chi connectivity index (χ1) is 15.9. The van der Waals surface area contributed by atoms with Gasteiger partial charge >= 0.3 is 5.97 Å². The number of halogens is 1. The maximum Gasteiger partial charge on any atom is 0.327 e. The first kappa shape index (κ1) is 23.4.